The maximum atomic E-state index is 12.2. The number of ether oxygens (including phenoxy) is 3. The van der Waals surface area contributed by atoms with Crippen molar-refractivity contribution in [2.45, 2.75) is 19.7 Å². The third-order valence-electron chi connectivity index (χ3n) is 2.02. The zero-order chi connectivity index (χ0) is 15.3. The second-order valence-electron chi connectivity index (χ2n) is 3.45. The van der Waals surface area contributed by atoms with Gasteiger partial charge in [0.1, 0.15) is 0 Å². The third-order valence-corrected chi connectivity index (χ3v) is 2.82. The fraction of sp³-hybridized carbons (Fsp3) is 0.455. The number of aromatic nitrogens is 1. The molecule has 112 valence electrons. The van der Waals surface area contributed by atoms with E-state index < -0.39 is 18.2 Å². The van der Waals surface area contributed by atoms with Crippen LogP contribution in [0.3, 0.4) is 0 Å². The van der Waals surface area contributed by atoms with E-state index in [1.165, 1.54) is 7.11 Å². The number of halogens is 4. The molecule has 0 spiro atoms. The van der Waals surface area contributed by atoms with Crippen molar-refractivity contribution in [1.29, 1.82) is 0 Å². The molecule has 0 aliphatic carbocycles. The molecule has 0 saturated heterocycles. The maximum Gasteiger partial charge on any atom is 0.574 e. The van der Waals surface area contributed by atoms with Gasteiger partial charge in [-0.05, 0) is 29.5 Å². The summed E-state index contributed by atoms with van der Waals surface area (Å²) in [6.07, 6.45) is -5.16. The Morgan fingerprint density at radius 1 is 1.45 bits per heavy atom. The van der Waals surface area contributed by atoms with E-state index in [2.05, 4.69) is 9.72 Å². The number of pyridine rings is 1. The number of alkyl halides is 3. The quantitative estimate of drug-likeness (QED) is 0.557. The molecule has 1 heterocycles. The lowest BCUT2D eigenvalue weighted by atomic mass is 10.2. The summed E-state index contributed by atoms with van der Waals surface area (Å²) in [4.78, 5) is 15.0. The molecular formula is C11H11F3INO4. The average Bonchev–Trinajstić information content (AvgIpc) is 2.26. The Kier molecular flexibility index (Phi) is 5.84. The summed E-state index contributed by atoms with van der Waals surface area (Å²) in [6, 6.07) is 1.07. The van der Waals surface area contributed by atoms with Crippen LogP contribution in [0, 0.1) is 3.57 Å². The van der Waals surface area contributed by atoms with E-state index in [-0.39, 0.29) is 24.5 Å². The highest BCUT2D eigenvalue weighted by Crippen LogP contribution is 2.30. The van der Waals surface area contributed by atoms with E-state index in [0.717, 1.165) is 6.07 Å². The summed E-state index contributed by atoms with van der Waals surface area (Å²) in [6.45, 7) is 1.78. The van der Waals surface area contributed by atoms with Crippen LogP contribution in [-0.2, 0) is 16.0 Å². The van der Waals surface area contributed by atoms with Gasteiger partial charge in [0.2, 0.25) is 5.88 Å². The van der Waals surface area contributed by atoms with Gasteiger partial charge in [-0.1, -0.05) is 0 Å². The van der Waals surface area contributed by atoms with Crippen molar-refractivity contribution in [2.24, 2.45) is 0 Å². The predicted molar refractivity (Wildman–Crippen MR) is 70.5 cm³/mol. The predicted octanol–water partition coefficient (Wildman–Crippen LogP) is 2.70. The van der Waals surface area contributed by atoms with Crippen LogP contribution in [0.15, 0.2) is 6.07 Å². The van der Waals surface area contributed by atoms with Crippen molar-refractivity contribution in [2.75, 3.05) is 13.7 Å². The Balaban J connectivity index is 3.09. The van der Waals surface area contributed by atoms with Crippen molar-refractivity contribution in [3.05, 3.63) is 15.3 Å². The fourth-order valence-corrected chi connectivity index (χ4v) is 2.18. The lowest BCUT2D eigenvalue weighted by Crippen LogP contribution is -2.19. The number of hydrogen-bond donors (Lipinski definition) is 0. The number of carbonyl (C=O) groups is 1. The molecule has 0 aliphatic rings. The smallest absolute Gasteiger partial charge is 0.494 e. The van der Waals surface area contributed by atoms with Crippen LogP contribution in [0.4, 0.5) is 13.2 Å². The average molecular weight is 405 g/mol. The number of nitrogens with zero attached hydrogens (tertiary/aromatic N) is 1. The highest BCUT2D eigenvalue weighted by molar-refractivity contribution is 14.1. The summed E-state index contributed by atoms with van der Waals surface area (Å²) in [5, 5.41) is 0. The van der Waals surface area contributed by atoms with Gasteiger partial charge in [0.25, 0.3) is 0 Å². The van der Waals surface area contributed by atoms with Gasteiger partial charge in [-0.25, -0.2) is 4.98 Å². The summed E-state index contributed by atoms with van der Waals surface area (Å²) in [5.41, 5.74) is 0.0251. The zero-order valence-electron chi connectivity index (χ0n) is 10.6. The molecule has 0 atom stereocenters. The van der Waals surface area contributed by atoms with Gasteiger partial charge >= 0.3 is 12.3 Å². The highest BCUT2D eigenvalue weighted by atomic mass is 127. The van der Waals surface area contributed by atoms with Gasteiger partial charge in [-0.3, -0.25) is 4.79 Å². The van der Waals surface area contributed by atoms with Gasteiger partial charge in [0.05, 0.1) is 29.4 Å². The molecule has 0 unspecified atom stereocenters. The molecule has 1 aromatic rings. The van der Waals surface area contributed by atoms with E-state index in [1.807, 2.05) is 0 Å². The van der Waals surface area contributed by atoms with Gasteiger partial charge in [-0.15, -0.1) is 13.2 Å². The van der Waals surface area contributed by atoms with Crippen molar-refractivity contribution >= 4 is 28.6 Å². The number of rotatable bonds is 5. The van der Waals surface area contributed by atoms with Gasteiger partial charge in [-0.2, -0.15) is 0 Å². The van der Waals surface area contributed by atoms with Crippen LogP contribution < -0.4 is 9.47 Å². The molecule has 0 N–H and O–H groups in total. The SMILES string of the molecule is CCOC(=O)Cc1nc(OC(F)(F)F)cc(I)c1OC. The van der Waals surface area contributed by atoms with Crippen LogP contribution in [0.25, 0.3) is 0 Å². The van der Waals surface area contributed by atoms with Crippen molar-refractivity contribution in [3.8, 4) is 11.6 Å². The minimum absolute atomic E-state index is 0.0251. The molecule has 9 heteroatoms. The van der Waals surface area contributed by atoms with Gasteiger partial charge in [0, 0.05) is 6.07 Å². The molecular weight excluding hydrogens is 394 g/mol. The van der Waals surface area contributed by atoms with E-state index in [0.29, 0.717) is 3.57 Å². The lowest BCUT2D eigenvalue weighted by molar-refractivity contribution is -0.276. The Morgan fingerprint density at radius 2 is 2.10 bits per heavy atom. The van der Waals surface area contributed by atoms with Gasteiger partial charge < -0.3 is 14.2 Å². The molecule has 0 bridgehead atoms. The van der Waals surface area contributed by atoms with E-state index in [9.17, 15) is 18.0 Å². The monoisotopic (exact) mass is 405 g/mol. The summed E-state index contributed by atoms with van der Waals surface area (Å²) in [5.74, 6) is -1.05. The fourth-order valence-electron chi connectivity index (χ4n) is 1.38. The second kappa shape index (κ2) is 6.95. The molecule has 0 amide bonds. The van der Waals surface area contributed by atoms with Gasteiger partial charge in [0.15, 0.2) is 5.75 Å². The molecule has 1 rings (SSSR count). The minimum atomic E-state index is -4.86. The summed E-state index contributed by atoms with van der Waals surface area (Å²) < 4.78 is 50.4. The normalized spacial score (nSPS) is 11.1. The van der Waals surface area contributed by atoms with Crippen LogP contribution in [0.5, 0.6) is 11.6 Å². The van der Waals surface area contributed by atoms with E-state index in [4.69, 9.17) is 9.47 Å². The zero-order valence-corrected chi connectivity index (χ0v) is 12.7. The molecule has 1 aromatic heterocycles. The van der Waals surface area contributed by atoms with Crippen LogP contribution >= 0.6 is 22.6 Å². The standard InChI is InChI=1S/C11H11F3INO4/c1-3-19-9(17)5-7-10(18-2)6(15)4-8(16-7)20-11(12,13)14/h4H,3,5H2,1-2H3. The molecule has 0 fully saturated rings. The van der Waals surface area contributed by atoms with Crippen molar-refractivity contribution in [3.63, 3.8) is 0 Å². The van der Waals surface area contributed by atoms with Crippen molar-refractivity contribution in [1.82, 2.24) is 4.98 Å². The molecule has 0 aromatic carbocycles. The Hall–Kier alpha value is -1.26. The summed E-state index contributed by atoms with van der Waals surface area (Å²) >= 11 is 1.77. The number of carbonyl (C=O) groups excluding carboxylic acids is 1. The van der Waals surface area contributed by atoms with E-state index in [1.54, 1.807) is 29.5 Å². The van der Waals surface area contributed by atoms with E-state index >= 15 is 0 Å². The maximum absolute atomic E-state index is 12.2. The largest absolute Gasteiger partial charge is 0.574 e. The number of esters is 1. The highest BCUT2D eigenvalue weighted by Gasteiger charge is 2.32. The minimum Gasteiger partial charge on any atom is -0.494 e. The van der Waals surface area contributed by atoms with Crippen LogP contribution in [-0.4, -0.2) is 31.0 Å². The molecule has 0 saturated carbocycles. The first-order valence-corrected chi connectivity index (χ1v) is 6.49. The topological polar surface area (TPSA) is 57.7 Å². The molecule has 0 aliphatic heterocycles. The molecule has 5 nitrogen and oxygen atoms in total. The first-order valence-electron chi connectivity index (χ1n) is 5.41. The molecule has 20 heavy (non-hydrogen) atoms. The van der Waals surface area contributed by atoms with Crippen LogP contribution in [0.1, 0.15) is 12.6 Å². The number of hydrogen-bond acceptors (Lipinski definition) is 5. The van der Waals surface area contributed by atoms with Crippen LogP contribution in [0.2, 0.25) is 0 Å². The number of methoxy groups -OCH3 is 1. The van der Waals surface area contributed by atoms with Crippen molar-refractivity contribution < 1.29 is 32.2 Å². The second-order valence-corrected chi connectivity index (χ2v) is 4.61. The Morgan fingerprint density at radius 3 is 2.60 bits per heavy atom. The Bertz CT molecular complexity index is 493. The first-order chi connectivity index (χ1) is 9.26. The first kappa shape index (κ1) is 16.8. The molecule has 0 radical (unpaired) electrons. The summed E-state index contributed by atoms with van der Waals surface area (Å²) in [7, 11) is 1.33. The lowest BCUT2D eigenvalue weighted by Gasteiger charge is -2.13. The Labute approximate surface area is 126 Å². The third kappa shape index (κ3) is 5.02.